The Morgan fingerprint density at radius 3 is 2.74 bits per heavy atom. The maximum Gasteiger partial charge on any atom is 0.244 e. The zero-order valence-electron chi connectivity index (χ0n) is 10.9. The number of piperidine rings is 1. The predicted molar refractivity (Wildman–Crippen MR) is 76.6 cm³/mol. The van der Waals surface area contributed by atoms with Gasteiger partial charge in [-0.05, 0) is 30.9 Å². The normalized spacial score (nSPS) is 25.4. The van der Waals surface area contributed by atoms with E-state index in [1.807, 2.05) is 6.92 Å². The summed E-state index contributed by atoms with van der Waals surface area (Å²) in [5.41, 5.74) is 5.76. The van der Waals surface area contributed by atoms with E-state index in [9.17, 15) is 8.42 Å². The molecular formula is C13H19ClN2O2S. The van der Waals surface area contributed by atoms with Gasteiger partial charge in [0.2, 0.25) is 10.0 Å². The first kappa shape index (κ1) is 14.8. The standard InChI is InChI=1S/C13H19ClN2O2S/c1-10-5-4-8-16(12(10)9-15)19(17,18)13-7-3-2-6-11(13)14/h2-3,6-7,10,12H,4-5,8-9,15H2,1H3/t10-,12+/m1/s1. The first-order chi connectivity index (χ1) is 8.98. The molecule has 19 heavy (non-hydrogen) atoms. The third-order valence-corrected chi connectivity index (χ3v) is 6.15. The smallest absolute Gasteiger partial charge is 0.244 e. The fourth-order valence-electron chi connectivity index (χ4n) is 2.64. The molecule has 4 nitrogen and oxygen atoms in total. The van der Waals surface area contributed by atoms with Gasteiger partial charge < -0.3 is 5.73 Å². The minimum atomic E-state index is -3.57. The minimum absolute atomic E-state index is 0.143. The SMILES string of the molecule is C[C@@H]1CCCN(S(=O)(=O)c2ccccc2Cl)[C@H]1CN. The third-order valence-electron chi connectivity index (χ3n) is 3.73. The summed E-state index contributed by atoms with van der Waals surface area (Å²) >= 11 is 6.02. The Morgan fingerprint density at radius 2 is 2.11 bits per heavy atom. The Bertz CT molecular complexity index is 547. The van der Waals surface area contributed by atoms with Crippen molar-refractivity contribution in [3.8, 4) is 0 Å². The lowest BCUT2D eigenvalue weighted by Gasteiger charge is -2.38. The van der Waals surface area contributed by atoms with Crippen LogP contribution < -0.4 is 5.73 Å². The van der Waals surface area contributed by atoms with Crippen LogP contribution in [0.25, 0.3) is 0 Å². The van der Waals surface area contributed by atoms with E-state index < -0.39 is 10.0 Å². The number of sulfonamides is 1. The lowest BCUT2D eigenvalue weighted by atomic mass is 9.93. The number of nitrogens with two attached hydrogens (primary N) is 1. The van der Waals surface area contributed by atoms with Crippen molar-refractivity contribution >= 4 is 21.6 Å². The average molecular weight is 303 g/mol. The molecule has 0 amide bonds. The van der Waals surface area contributed by atoms with Crippen LogP contribution in [0.2, 0.25) is 5.02 Å². The average Bonchev–Trinajstić information content (AvgIpc) is 2.38. The topological polar surface area (TPSA) is 63.4 Å². The van der Waals surface area contributed by atoms with Crippen molar-refractivity contribution in [2.24, 2.45) is 11.7 Å². The molecule has 1 aliphatic heterocycles. The van der Waals surface area contributed by atoms with Gasteiger partial charge >= 0.3 is 0 Å². The quantitative estimate of drug-likeness (QED) is 0.930. The number of halogens is 1. The molecular weight excluding hydrogens is 284 g/mol. The van der Waals surface area contributed by atoms with E-state index in [1.165, 1.54) is 4.31 Å². The van der Waals surface area contributed by atoms with Gasteiger partial charge in [-0.25, -0.2) is 8.42 Å². The molecule has 1 aromatic carbocycles. The first-order valence-corrected chi connectivity index (χ1v) is 8.26. The highest BCUT2D eigenvalue weighted by Gasteiger charge is 2.37. The van der Waals surface area contributed by atoms with Gasteiger partial charge in [0.15, 0.2) is 0 Å². The van der Waals surface area contributed by atoms with E-state index in [2.05, 4.69) is 0 Å². The van der Waals surface area contributed by atoms with Crippen LogP contribution in [0.15, 0.2) is 29.2 Å². The summed E-state index contributed by atoms with van der Waals surface area (Å²) in [4.78, 5) is 0.171. The second kappa shape index (κ2) is 5.79. The lowest BCUT2D eigenvalue weighted by molar-refractivity contribution is 0.192. The van der Waals surface area contributed by atoms with Crippen molar-refractivity contribution in [1.82, 2.24) is 4.31 Å². The monoisotopic (exact) mass is 302 g/mol. The van der Waals surface area contributed by atoms with Gasteiger partial charge in [0.05, 0.1) is 5.02 Å². The van der Waals surface area contributed by atoms with Crippen LogP contribution in [0, 0.1) is 5.92 Å². The molecule has 2 N–H and O–H groups in total. The van der Waals surface area contributed by atoms with E-state index in [-0.39, 0.29) is 21.9 Å². The molecule has 106 valence electrons. The van der Waals surface area contributed by atoms with E-state index >= 15 is 0 Å². The summed E-state index contributed by atoms with van der Waals surface area (Å²) in [5, 5.41) is 0.261. The third kappa shape index (κ3) is 2.79. The van der Waals surface area contributed by atoms with Crippen LogP contribution in [-0.4, -0.2) is 31.9 Å². The zero-order chi connectivity index (χ0) is 14.0. The van der Waals surface area contributed by atoms with Gasteiger partial charge in [-0.2, -0.15) is 4.31 Å². The van der Waals surface area contributed by atoms with Crippen LogP contribution in [0.3, 0.4) is 0 Å². The van der Waals surface area contributed by atoms with Gasteiger partial charge in [-0.15, -0.1) is 0 Å². The molecule has 1 aliphatic rings. The molecule has 1 heterocycles. The first-order valence-electron chi connectivity index (χ1n) is 6.45. The Kier molecular flexibility index (Phi) is 4.50. The molecule has 1 fully saturated rings. The van der Waals surface area contributed by atoms with Crippen LogP contribution in [0.4, 0.5) is 0 Å². The maximum absolute atomic E-state index is 12.7. The molecule has 1 saturated heterocycles. The van der Waals surface area contributed by atoms with Crippen LogP contribution >= 0.6 is 11.6 Å². The summed E-state index contributed by atoms with van der Waals surface area (Å²) in [6, 6.07) is 6.41. The summed E-state index contributed by atoms with van der Waals surface area (Å²) < 4.78 is 26.9. The molecule has 0 aromatic heterocycles. The molecule has 2 atom stereocenters. The van der Waals surface area contributed by atoms with Gasteiger partial charge in [-0.3, -0.25) is 0 Å². The lowest BCUT2D eigenvalue weighted by Crippen LogP contribution is -2.51. The highest BCUT2D eigenvalue weighted by molar-refractivity contribution is 7.89. The molecule has 0 spiro atoms. The van der Waals surface area contributed by atoms with Crippen molar-refractivity contribution in [1.29, 1.82) is 0 Å². The summed E-state index contributed by atoms with van der Waals surface area (Å²) in [7, 11) is -3.57. The maximum atomic E-state index is 12.7. The molecule has 0 aliphatic carbocycles. The Hall–Kier alpha value is -0.620. The minimum Gasteiger partial charge on any atom is -0.329 e. The van der Waals surface area contributed by atoms with Crippen LogP contribution in [-0.2, 0) is 10.0 Å². The van der Waals surface area contributed by atoms with Gasteiger partial charge in [0.1, 0.15) is 4.90 Å². The molecule has 0 radical (unpaired) electrons. The van der Waals surface area contributed by atoms with Crippen LogP contribution in [0.5, 0.6) is 0 Å². The fourth-order valence-corrected chi connectivity index (χ4v) is 4.91. The Morgan fingerprint density at radius 1 is 1.42 bits per heavy atom. The number of rotatable bonds is 3. The van der Waals surface area contributed by atoms with Gasteiger partial charge in [-0.1, -0.05) is 30.7 Å². The molecule has 6 heteroatoms. The van der Waals surface area contributed by atoms with Gasteiger partial charge in [0.25, 0.3) is 0 Å². The fraction of sp³-hybridized carbons (Fsp3) is 0.538. The van der Waals surface area contributed by atoms with Crippen molar-refractivity contribution in [3.05, 3.63) is 29.3 Å². The van der Waals surface area contributed by atoms with E-state index in [1.54, 1.807) is 24.3 Å². The number of hydrogen-bond acceptors (Lipinski definition) is 3. The summed E-state index contributed by atoms with van der Waals surface area (Å²) in [6.45, 7) is 2.90. The highest BCUT2D eigenvalue weighted by Crippen LogP contribution is 2.31. The van der Waals surface area contributed by atoms with E-state index in [0.29, 0.717) is 13.1 Å². The molecule has 0 saturated carbocycles. The number of hydrogen-bond donors (Lipinski definition) is 1. The second-order valence-electron chi connectivity index (χ2n) is 4.97. The Balaban J connectivity index is 2.41. The van der Waals surface area contributed by atoms with Gasteiger partial charge in [0, 0.05) is 19.1 Å². The molecule has 1 aromatic rings. The van der Waals surface area contributed by atoms with Crippen molar-refractivity contribution < 1.29 is 8.42 Å². The summed E-state index contributed by atoms with van der Waals surface area (Å²) in [6.07, 6.45) is 1.87. The summed E-state index contributed by atoms with van der Waals surface area (Å²) in [5.74, 6) is 0.274. The van der Waals surface area contributed by atoms with Crippen molar-refractivity contribution in [2.45, 2.75) is 30.7 Å². The Labute approximate surface area is 119 Å². The number of nitrogens with zero attached hydrogens (tertiary/aromatic N) is 1. The molecule has 0 unspecified atom stereocenters. The molecule has 0 bridgehead atoms. The van der Waals surface area contributed by atoms with Crippen LogP contribution in [0.1, 0.15) is 19.8 Å². The van der Waals surface area contributed by atoms with E-state index in [0.717, 1.165) is 12.8 Å². The van der Waals surface area contributed by atoms with Crippen molar-refractivity contribution in [3.63, 3.8) is 0 Å². The zero-order valence-corrected chi connectivity index (χ0v) is 12.5. The second-order valence-corrected chi connectivity index (χ2v) is 7.23. The largest absolute Gasteiger partial charge is 0.329 e. The predicted octanol–water partition coefficient (Wildman–Crippen LogP) is 2.09. The van der Waals surface area contributed by atoms with Crippen molar-refractivity contribution in [2.75, 3.05) is 13.1 Å². The molecule has 2 rings (SSSR count). The van der Waals surface area contributed by atoms with E-state index in [4.69, 9.17) is 17.3 Å². The number of benzene rings is 1. The highest BCUT2D eigenvalue weighted by atomic mass is 35.5.